The lowest BCUT2D eigenvalue weighted by Crippen LogP contribution is -2.30. The number of nitrogens with zero attached hydrogens (tertiary/aromatic N) is 1. The van der Waals surface area contributed by atoms with Gasteiger partial charge >= 0.3 is 0 Å². The van der Waals surface area contributed by atoms with Gasteiger partial charge in [-0.3, -0.25) is 0 Å². The van der Waals surface area contributed by atoms with Crippen LogP contribution in [0.15, 0.2) is 10.6 Å². The second kappa shape index (κ2) is 5.63. The van der Waals surface area contributed by atoms with Crippen molar-refractivity contribution in [2.24, 2.45) is 0 Å². The largest absolute Gasteiger partial charge is 0.444 e. The molecule has 1 atom stereocenters. The van der Waals surface area contributed by atoms with E-state index in [4.69, 9.17) is 9.15 Å². The molecule has 106 valence electrons. The van der Waals surface area contributed by atoms with Gasteiger partial charge in [-0.2, -0.15) is 0 Å². The van der Waals surface area contributed by atoms with Crippen LogP contribution in [0.25, 0.3) is 0 Å². The zero-order valence-corrected chi connectivity index (χ0v) is 11.8. The summed E-state index contributed by atoms with van der Waals surface area (Å²) in [6.45, 7) is 3.68. The third-order valence-electron chi connectivity index (χ3n) is 4.45. The van der Waals surface area contributed by atoms with Gasteiger partial charge in [0.15, 0.2) is 0 Å². The smallest absolute Gasteiger partial charge is 0.208 e. The van der Waals surface area contributed by atoms with Gasteiger partial charge in [0.25, 0.3) is 0 Å². The minimum Gasteiger partial charge on any atom is -0.444 e. The SMILES string of the molecule is CCc1cnc(CNCC2CCC3(CCCC3)O2)o1. The van der Waals surface area contributed by atoms with E-state index in [-0.39, 0.29) is 5.60 Å². The average Bonchev–Trinajstić information content (AvgIpc) is 3.13. The van der Waals surface area contributed by atoms with E-state index in [1.165, 1.54) is 38.5 Å². The summed E-state index contributed by atoms with van der Waals surface area (Å²) in [4.78, 5) is 4.25. The molecule has 1 aliphatic heterocycles. The topological polar surface area (TPSA) is 47.3 Å². The van der Waals surface area contributed by atoms with Crippen molar-refractivity contribution >= 4 is 0 Å². The molecule has 3 rings (SSSR count). The normalized spacial score (nSPS) is 25.4. The molecule has 1 aliphatic carbocycles. The molecule has 1 spiro atoms. The van der Waals surface area contributed by atoms with E-state index in [2.05, 4.69) is 17.2 Å². The fourth-order valence-electron chi connectivity index (χ4n) is 3.36. The van der Waals surface area contributed by atoms with Crippen LogP contribution in [-0.2, 0) is 17.7 Å². The first-order chi connectivity index (χ1) is 9.30. The van der Waals surface area contributed by atoms with Crippen LogP contribution in [0.1, 0.15) is 57.1 Å². The third kappa shape index (κ3) is 3.00. The molecular formula is C15H24N2O2. The second-order valence-electron chi connectivity index (χ2n) is 5.87. The highest BCUT2D eigenvalue weighted by Crippen LogP contribution is 2.43. The Morgan fingerprint density at radius 1 is 1.37 bits per heavy atom. The Morgan fingerprint density at radius 2 is 2.21 bits per heavy atom. The molecule has 4 heteroatoms. The van der Waals surface area contributed by atoms with Gasteiger partial charge in [-0.05, 0) is 25.7 Å². The predicted molar refractivity (Wildman–Crippen MR) is 72.9 cm³/mol. The lowest BCUT2D eigenvalue weighted by atomic mass is 9.98. The van der Waals surface area contributed by atoms with E-state index in [0.717, 1.165) is 24.6 Å². The molecule has 1 aromatic heterocycles. The summed E-state index contributed by atoms with van der Waals surface area (Å²) in [6.07, 6.45) is 10.8. The molecule has 1 unspecified atom stereocenters. The Kier molecular flexibility index (Phi) is 3.89. The molecule has 1 N–H and O–H groups in total. The Balaban J connectivity index is 1.41. The van der Waals surface area contributed by atoms with E-state index in [9.17, 15) is 0 Å². The van der Waals surface area contributed by atoms with Gasteiger partial charge in [-0.15, -0.1) is 0 Å². The maximum atomic E-state index is 6.26. The number of hydrogen-bond acceptors (Lipinski definition) is 4. The van der Waals surface area contributed by atoms with Gasteiger partial charge in [-0.25, -0.2) is 4.98 Å². The van der Waals surface area contributed by atoms with Crippen LogP contribution in [0.3, 0.4) is 0 Å². The van der Waals surface area contributed by atoms with Crippen LogP contribution in [0, 0.1) is 0 Å². The molecule has 1 saturated carbocycles. The maximum absolute atomic E-state index is 6.26. The molecule has 1 aromatic rings. The molecule has 0 amide bonds. The zero-order valence-electron chi connectivity index (χ0n) is 11.8. The van der Waals surface area contributed by atoms with Crippen molar-refractivity contribution < 1.29 is 9.15 Å². The molecule has 19 heavy (non-hydrogen) atoms. The average molecular weight is 264 g/mol. The Labute approximate surface area is 114 Å². The fraction of sp³-hybridized carbons (Fsp3) is 0.800. The predicted octanol–water partition coefficient (Wildman–Crippen LogP) is 2.82. The Bertz CT molecular complexity index is 410. The van der Waals surface area contributed by atoms with Crippen molar-refractivity contribution in [1.29, 1.82) is 0 Å². The van der Waals surface area contributed by atoms with Gasteiger partial charge in [-0.1, -0.05) is 19.8 Å². The zero-order chi connectivity index (χ0) is 13.1. The number of oxazole rings is 1. The van der Waals surface area contributed by atoms with Crippen LogP contribution < -0.4 is 5.32 Å². The minimum absolute atomic E-state index is 0.241. The molecule has 2 aliphatic rings. The van der Waals surface area contributed by atoms with Crippen LogP contribution in [0.4, 0.5) is 0 Å². The van der Waals surface area contributed by atoms with Crippen molar-refractivity contribution in [2.45, 2.75) is 70.1 Å². The van der Waals surface area contributed by atoms with E-state index in [0.29, 0.717) is 12.6 Å². The second-order valence-corrected chi connectivity index (χ2v) is 5.87. The Morgan fingerprint density at radius 3 is 2.95 bits per heavy atom. The molecule has 4 nitrogen and oxygen atoms in total. The summed E-state index contributed by atoms with van der Waals surface area (Å²) in [5, 5.41) is 3.41. The van der Waals surface area contributed by atoms with Crippen molar-refractivity contribution in [3.05, 3.63) is 17.8 Å². The number of rotatable bonds is 5. The quantitative estimate of drug-likeness (QED) is 0.888. The van der Waals surface area contributed by atoms with E-state index < -0.39 is 0 Å². The molecule has 2 heterocycles. The van der Waals surface area contributed by atoms with Gasteiger partial charge in [0, 0.05) is 13.0 Å². The first-order valence-electron chi connectivity index (χ1n) is 7.62. The van der Waals surface area contributed by atoms with Gasteiger partial charge in [0.05, 0.1) is 24.4 Å². The van der Waals surface area contributed by atoms with Crippen molar-refractivity contribution in [1.82, 2.24) is 10.3 Å². The summed E-state index contributed by atoms with van der Waals surface area (Å²) >= 11 is 0. The van der Waals surface area contributed by atoms with Gasteiger partial charge < -0.3 is 14.5 Å². The van der Waals surface area contributed by atoms with Crippen molar-refractivity contribution in [3.8, 4) is 0 Å². The minimum atomic E-state index is 0.241. The molecule has 1 saturated heterocycles. The first kappa shape index (κ1) is 13.1. The molecule has 2 fully saturated rings. The number of ether oxygens (including phenoxy) is 1. The number of aromatic nitrogens is 1. The molecular weight excluding hydrogens is 240 g/mol. The highest BCUT2D eigenvalue weighted by atomic mass is 16.5. The van der Waals surface area contributed by atoms with Gasteiger partial charge in [0.2, 0.25) is 5.89 Å². The van der Waals surface area contributed by atoms with Crippen molar-refractivity contribution in [3.63, 3.8) is 0 Å². The van der Waals surface area contributed by atoms with Crippen LogP contribution >= 0.6 is 0 Å². The van der Waals surface area contributed by atoms with E-state index >= 15 is 0 Å². The number of hydrogen-bond donors (Lipinski definition) is 1. The van der Waals surface area contributed by atoms with E-state index in [1.54, 1.807) is 0 Å². The van der Waals surface area contributed by atoms with Crippen LogP contribution in [0.5, 0.6) is 0 Å². The highest BCUT2D eigenvalue weighted by molar-refractivity contribution is 4.95. The number of aryl methyl sites for hydroxylation is 1. The van der Waals surface area contributed by atoms with Gasteiger partial charge in [0.1, 0.15) is 5.76 Å². The lowest BCUT2D eigenvalue weighted by Gasteiger charge is -2.23. The van der Waals surface area contributed by atoms with Crippen molar-refractivity contribution in [2.75, 3.05) is 6.54 Å². The van der Waals surface area contributed by atoms with E-state index in [1.807, 2.05) is 6.20 Å². The highest BCUT2D eigenvalue weighted by Gasteiger charge is 2.41. The van der Waals surface area contributed by atoms with Crippen LogP contribution in [-0.4, -0.2) is 23.2 Å². The summed E-state index contributed by atoms with van der Waals surface area (Å²) < 4.78 is 11.8. The first-order valence-corrected chi connectivity index (χ1v) is 7.62. The number of nitrogens with one attached hydrogen (secondary N) is 1. The monoisotopic (exact) mass is 264 g/mol. The van der Waals surface area contributed by atoms with Crippen LogP contribution in [0.2, 0.25) is 0 Å². The molecule has 0 radical (unpaired) electrons. The fourth-order valence-corrected chi connectivity index (χ4v) is 3.36. The summed E-state index contributed by atoms with van der Waals surface area (Å²) in [7, 11) is 0. The molecule has 0 bridgehead atoms. The Hall–Kier alpha value is -0.870. The summed E-state index contributed by atoms with van der Waals surface area (Å²) in [6, 6.07) is 0. The third-order valence-corrected chi connectivity index (χ3v) is 4.45. The maximum Gasteiger partial charge on any atom is 0.208 e. The molecule has 0 aromatic carbocycles. The standard InChI is InChI=1S/C15H24N2O2/c1-2-12-10-17-14(18-12)11-16-9-13-5-8-15(19-13)6-3-4-7-15/h10,13,16H,2-9,11H2,1H3. The summed E-state index contributed by atoms with van der Waals surface area (Å²) in [5.74, 6) is 1.74. The lowest BCUT2D eigenvalue weighted by molar-refractivity contribution is -0.0353. The summed E-state index contributed by atoms with van der Waals surface area (Å²) in [5.41, 5.74) is 0.241.